The van der Waals surface area contributed by atoms with E-state index in [2.05, 4.69) is 25.4 Å². The van der Waals surface area contributed by atoms with Crippen molar-refractivity contribution in [1.82, 2.24) is 20.2 Å². The summed E-state index contributed by atoms with van der Waals surface area (Å²) in [6.07, 6.45) is 0.358. The Labute approximate surface area is 90.7 Å². The van der Waals surface area contributed by atoms with E-state index in [-0.39, 0.29) is 11.8 Å². The highest BCUT2D eigenvalue weighted by Gasteiger charge is 2.32. The molecule has 9 nitrogen and oxygen atoms in total. The minimum atomic E-state index is -0.0638. The van der Waals surface area contributed by atoms with Gasteiger partial charge in [-0.3, -0.25) is 9.69 Å². The first kappa shape index (κ1) is 10.4. The van der Waals surface area contributed by atoms with E-state index in [4.69, 9.17) is 5.53 Å². The maximum absolute atomic E-state index is 11.6. The zero-order valence-corrected chi connectivity index (χ0v) is 8.68. The topological polar surface area (TPSA) is 113 Å². The van der Waals surface area contributed by atoms with Crippen molar-refractivity contribution < 1.29 is 4.79 Å². The number of amides is 1. The Morgan fingerprint density at radius 3 is 3.12 bits per heavy atom. The number of hydrogen-bond acceptors (Lipinski definition) is 5. The van der Waals surface area contributed by atoms with Crippen LogP contribution in [-0.4, -0.2) is 39.2 Å². The van der Waals surface area contributed by atoms with Crippen LogP contribution < -0.4 is 4.90 Å². The van der Waals surface area contributed by atoms with Gasteiger partial charge in [-0.15, -0.1) is 5.10 Å². The summed E-state index contributed by atoms with van der Waals surface area (Å²) in [6, 6.07) is 0. The fourth-order valence-electron chi connectivity index (χ4n) is 1.63. The summed E-state index contributed by atoms with van der Waals surface area (Å²) < 4.78 is 0. The van der Waals surface area contributed by atoms with Crippen LogP contribution in [0.2, 0.25) is 0 Å². The molecule has 0 N–H and O–H groups in total. The first-order valence-electron chi connectivity index (χ1n) is 4.76. The molecule has 84 valence electrons. The van der Waals surface area contributed by atoms with Gasteiger partial charge in [-0.1, -0.05) is 10.2 Å². The van der Waals surface area contributed by atoms with Gasteiger partial charge in [0.15, 0.2) is 0 Å². The third-order valence-electron chi connectivity index (χ3n) is 2.35. The Hall–Kier alpha value is -2.15. The number of nitrogens with zero attached hydrogens (tertiary/aromatic N) is 8. The fourth-order valence-corrected chi connectivity index (χ4v) is 1.63. The molecule has 16 heavy (non-hydrogen) atoms. The van der Waals surface area contributed by atoms with E-state index in [0.717, 1.165) is 0 Å². The third kappa shape index (κ3) is 1.94. The largest absolute Gasteiger partial charge is 0.278 e. The van der Waals surface area contributed by atoms with Gasteiger partial charge in [0, 0.05) is 24.4 Å². The number of hydrogen-bond donors (Lipinski definition) is 0. The maximum atomic E-state index is 11.6. The summed E-state index contributed by atoms with van der Waals surface area (Å²) in [5.74, 6) is 0.272. The summed E-state index contributed by atoms with van der Waals surface area (Å²) in [4.78, 5) is 17.1. The highest BCUT2D eigenvalue weighted by atomic mass is 16.2. The van der Waals surface area contributed by atoms with E-state index in [0.29, 0.717) is 25.5 Å². The lowest BCUT2D eigenvalue weighted by atomic mass is 10.1. The summed E-state index contributed by atoms with van der Waals surface area (Å²) in [5, 5.41) is 14.8. The molecule has 1 aliphatic heterocycles. The van der Waals surface area contributed by atoms with Crippen molar-refractivity contribution >= 4 is 11.9 Å². The highest BCUT2D eigenvalue weighted by Crippen LogP contribution is 2.21. The van der Waals surface area contributed by atoms with Gasteiger partial charge in [-0.2, -0.15) is 4.80 Å². The van der Waals surface area contributed by atoms with Crippen molar-refractivity contribution in [2.75, 3.05) is 18.0 Å². The monoisotopic (exact) mass is 222 g/mol. The normalized spacial score (nSPS) is 19.9. The van der Waals surface area contributed by atoms with Gasteiger partial charge >= 0.3 is 0 Å². The predicted octanol–water partition coefficient (Wildman–Crippen LogP) is -0.127. The lowest BCUT2D eigenvalue weighted by Gasteiger charge is -2.09. The molecular formula is C7H10N8O. The molecule has 1 atom stereocenters. The van der Waals surface area contributed by atoms with Crippen LogP contribution >= 0.6 is 0 Å². The third-order valence-corrected chi connectivity index (χ3v) is 2.35. The van der Waals surface area contributed by atoms with Gasteiger partial charge < -0.3 is 0 Å². The number of azide groups is 1. The molecule has 2 rings (SSSR count). The Morgan fingerprint density at radius 2 is 2.50 bits per heavy atom. The zero-order valence-electron chi connectivity index (χ0n) is 8.68. The molecule has 0 radical (unpaired) electrons. The number of aryl methyl sites for hydroxylation is 1. The van der Waals surface area contributed by atoms with Crippen LogP contribution in [0, 0.1) is 5.92 Å². The number of carbonyl (C=O) groups is 1. The standard InChI is InChI=1S/C7H10N8O/c1-14-11-7(10-13-14)15-4-5(2-6(15)16)3-9-12-8/h5H,2-4H2,1H3. The van der Waals surface area contributed by atoms with Gasteiger partial charge in [-0.05, 0) is 16.7 Å². The summed E-state index contributed by atoms with van der Waals surface area (Å²) in [7, 11) is 1.63. The van der Waals surface area contributed by atoms with Crippen molar-refractivity contribution in [1.29, 1.82) is 0 Å². The molecule has 0 aliphatic carbocycles. The Morgan fingerprint density at radius 1 is 1.69 bits per heavy atom. The van der Waals surface area contributed by atoms with E-state index < -0.39 is 0 Å². The molecule has 1 aromatic rings. The van der Waals surface area contributed by atoms with Crippen molar-refractivity contribution in [3.63, 3.8) is 0 Å². The van der Waals surface area contributed by atoms with Crippen molar-refractivity contribution in [2.45, 2.75) is 6.42 Å². The van der Waals surface area contributed by atoms with E-state index in [1.807, 2.05) is 0 Å². The van der Waals surface area contributed by atoms with E-state index in [1.54, 1.807) is 7.05 Å². The Kier molecular flexibility index (Phi) is 2.69. The molecule has 2 heterocycles. The zero-order chi connectivity index (χ0) is 11.5. The van der Waals surface area contributed by atoms with Gasteiger partial charge in [0.1, 0.15) is 0 Å². The molecule has 0 bridgehead atoms. The Bertz CT molecular complexity index is 447. The number of anilines is 1. The molecule has 0 spiro atoms. The van der Waals surface area contributed by atoms with Crippen LogP contribution in [0.4, 0.5) is 5.95 Å². The molecule has 1 unspecified atom stereocenters. The summed E-state index contributed by atoms with van der Waals surface area (Å²) >= 11 is 0. The minimum Gasteiger partial charge on any atom is -0.278 e. The van der Waals surface area contributed by atoms with Crippen molar-refractivity contribution in [2.24, 2.45) is 18.1 Å². The number of rotatable bonds is 3. The smallest absolute Gasteiger partial charge is 0.272 e. The van der Waals surface area contributed by atoms with E-state index >= 15 is 0 Å². The molecule has 1 aromatic heterocycles. The van der Waals surface area contributed by atoms with Crippen LogP contribution in [0.1, 0.15) is 6.42 Å². The van der Waals surface area contributed by atoms with E-state index in [1.165, 1.54) is 9.70 Å². The van der Waals surface area contributed by atoms with Crippen molar-refractivity contribution in [3.05, 3.63) is 10.4 Å². The van der Waals surface area contributed by atoms with Gasteiger partial charge in [0.2, 0.25) is 5.91 Å². The van der Waals surface area contributed by atoms with E-state index in [9.17, 15) is 4.79 Å². The molecule has 1 aliphatic rings. The van der Waals surface area contributed by atoms with Crippen molar-refractivity contribution in [3.8, 4) is 0 Å². The molecule has 0 saturated carbocycles. The first-order valence-corrected chi connectivity index (χ1v) is 4.76. The molecular weight excluding hydrogens is 212 g/mol. The number of tetrazole rings is 1. The first-order chi connectivity index (χ1) is 7.70. The van der Waals surface area contributed by atoms with Gasteiger partial charge in [0.25, 0.3) is 5.95 Å². The van der Waals surface area contributed by atoms with Crippen LogP contribution in [0.15, 0.2) is 5.11 Å². The highest BCUT2D eigenvalue weighted by molar-refractivity contribution is 5.93. The minimum absolute atomic E-state index is 0.0345. The predicted molar refractivity (Wildman–Crippen MR) is 53.3 cm³/mol. The number of carbonyl (C=O) groups excluding carboxylic acids is 1. The quantitative estimate of drug-likeness (QED) is 0.402. The average molecular weight is 222 g/mol. The molecule has 1 fully saturated rings. The molecule has 9 heteroatoms. The Balaban J connectivity index is 2.07. The summed E-state index contributed by atoms with van der Waals surface area (Å²) in [5.41, 5.74) is 8.20. The van der Waals surface area contributed by atoms with Crippen LogP contribution in [-0.2, 0) is 11.8 Å². The van der Waals surface area contributed by atoms with Gasteiger partial charge in [-0.25, -0.2) is 0 Å². The second kappa shape index (κ2) is 4.15. The lowest BCUT2D eigenvalue weighted by Crippen LogP contribution is -2.26. The van der Waals surface area contributed by atoms with Gasteiger partial charge in [0.05, 0.1) is 7.05 Å². The average Bonchev–Trinajstić information content (AvgIpc) is 2.82. The second-order valence-corrected chi connectivity index (χ2v) is 3.57. The van der Waals surface area contributed by atoms with Crippen LogP contribution in [0.3, 0.4) is 0 Å². The fraction of sp³-hybridized carbons (Fsp3) is 0.714. The molecule has 1 saturated heterocycles. The van der Waals surface area contributed by atoms with Crippen LogP contribution in [0.25, 0.3) is 10.4 Å². The SMILES string of the molecule is Cn1nnc(N2CC(CN=[N+]=[N-])CC2=O)n1. The number of aromatic nitrogens is 4. The van der Waals surface area contributed by atoms with Crippen LogP contribution in [0.5, 0.6) is 0 Å². The molecule has 0 aromatic carbocycles. The molecule has 1 amide bonds. The maximum Gasteiger partial charge on any atom is 0.272 e. The summed E-state index contributed by atoms with van der Waals surface area (Å²) in [6.45, 7) is 0.794. The lowest BCUT2D eigenvalue weighted by molar-refractivity contribution is -0.117. The second-order valence-electron chi connectivity index (χ2n) is 3.57.